The first-order valence-electron chi connectivity index (χ1n) is 21.5. The smallest absolute Gasteiger partial charge is 0.238 e. The number of hydrogen-bond acceptors (Lipinski definition) is 3. The molecular formula is C58H37N5. The fraction of sp³-hybridized carbons (Fsp3) is 0.0172. The number of fused-ring (bicyclic) bond motifs is 9. The van der Waals surface area contributed by atoms with Crippen LogP contribution in [0.25, 0.3) is 88.9 Å². The van der Waals surface area contributed by atoms with Crippen molar-refractivity contribution in [3.05, 3.63) is 247 Å². The predicted octanol–water partition coefficient (Wildman–Crippen LogP) is 13.8. The van der Waals surface area contributed by atoms with E-state index < -0.39 is 5.41 Å². The molecule has 13 rings (SSSR count). The lowest BCUT2D eigenvalue weighted by atomic mass is 9.71. The van der Waals surface area contributed by atoms with Crippen molar-refractivity contribution in [3.8, 4) is 45.3 Å². The van der Waals surface area contributed by atoms with Crippen molar-refractivity contribution >= 4 is 43.6 Å². The first-order chi connectivity index (χ1) is 31.3. The van der Waals surface area contributed by atoms with E-state index in [4.69, 9.17) is 15.0 Å². The Kier molecular flexibility index (Phi) is 7.75. The standard InChI is InChI=1S/C58H37N5/c1-4-18-38(19-5-1)39-32-34-48-46-27-13-17-31-52(46)63(54(48)36-39)57-60-55(40-33-35-47-45-26-12-16-30-51(45)62(53(47)37-40)42-22-8-3-9-23-42)59-56(61-57)58(41-20-6-2-7-21-41)49-28-14-10-24-43(49)44-25-11-15-29-50(44)58/h1-37H. The molecule has 0 fully saturated rings. The summed E-state index contributed by atoms with van der Waals surface area (Å²) in [4.78, 5) is 17.0. The third-order valence-electron chi connectivity index (χ3n) is 13.0. The van der Waals surface area contributed by atoms with Crippen LogP contribution in [-0.2, 0) is 5.41 Å². The van der Waals surface area contributed by atoms with E-state index in [9.17, 15) is 0 Å². The highest BCUT2D eigenvalue weighted by molar-refractivity contribution is 6.11. The monoisotopic (exact) mass is 803 g/mol. The maximum absolute atomic E-state index is 5.73. The summed E-state index contributed by atoms with van der Waals surface area (Å²) in [5.41, 5.74) is 13.5. The lowest BCUT2D eigenvalue weighted by Crippen LogP contribution is -2.32. The van der Waals surface area contributed by atoms with Crippen LogP contribution in [0.5, 0.6) is 0 Å². The zero-order chi connectivity index (χ0) is 41.5. The van der Waals surface area contributed by atoms with Crippen molar-refractivity contribution in [1.82, 2.24) is 24.1 Å². The summed E-state index contributed by atoms with van der Waals surface area (Å²) in [5, 5.41) is 4.64. The van der Waals surface area contributed by atoms with E-state index in [-0.39, 0.29) is 0 Å². The molecule has 12 aromatic rings. The van der Waals surface area contributed by atoms with Crippen molar-refractivity contribution in [3.63, 3.8) is 0 Å². The zero-order valence-corrected chi connectivity index (χ0v) is 34.1. The van der Waals surface area contributed by atoms with E-state index in [1.165, 1.54) is 21.9 Å². The average molecular weight is 804 g/mol. The van der Waals surface area contributed by atoms with Gasteiger partial charge >= 0.3 is 0 Å². The summed E-state index contributed by atoms with van der Waals surface area (Å²) < 4.78 is 4.60. The largest absolute Gasteiger partial charge is 0.309 e. The van der Waals surface area contributed by atoms with Crippen LogP contribution in [0.3, 0.4) is 0 Å². The lowest BCUT2D eigenvalue weighted by molar-refractivity contribution is 0.683. The van der Waals surface area contributed by atoms with Gasteiger partial charge in [-0.3, -0.25) is 4.57 Å². The third-order valence-corrected chi connectivity index (χ3v) is 13.0. The molecule has 0 bridgehead atoms. The Labute approximate surface area is 363 Å². The van der Waals surface area contributed by atoms with Gasteiger partial charge in [-0.2, -0.15) is 9.97 Å². The molecule has 0 radical (unpaired) electrons. The molecule has 0 amide bonds. The van der Waals surface area contributed by atoms with Crippen LogP contribution in [-0.4, -0.2) is 24.1 Å². The second-order valence-corrected chi connectivity index (χ2v) is 16.4. The minimum absolute atomic E-state index is 0.562. The minimum Gasteiger partial charge on any atom is -0.309 e. The molecule has 3 heterocycles. The summed E-state index contributed by atoms with van der Waals surface area (Å²) in [7, 11) is 0. The Bertz CT molecular complexity index is 3690. The van der Waals surface area contributed by atoms with E-state index in [2.05, 4.69) is 234 Å². The Morgan fingerprint density at radius 1 is 0.333 bits per heavy atom. The summed E-state index contributed by atoms with van der Waals surface area (Å²) in [6.45, 7) is 0. The number of hydrogen-bond donors (Lipinski definition) is 0. The molecule has 5 heteroatoms. The Balaban J connectivity index is 1.16. The van der Waals surface area contributed by atoms with Crippen molar-refractivity contribution < 1.29 is 0 Å². The molecule has 0 aliphatic heterocycles. The second kappa shape index (κ2) is 13.8. The molecular weight excluding hydrogens is 767 g/mol. The number of benzene rings is 9. The molecule has 63 heavy (non-hydrogen) atoms. The Hall–Kier alpha value is -8.41. The fourth-order valence-corrected chi connectivity index (χ4v) is 10.3. The van der Waals surface area contributed by atoms with Gasteiger partial charge in [0.25, 0.3) is 0 Å². The molecule has 0 saturated carbocycles. The molecule has 5 nitrogen and oxygen atoms in total. The van der Waals surface area contributed by atoms with Gasteiger partial charge in [0.05, 0.1) is 22.1 Å². The van der Waals surface area contributed by atoms with Crippen LogP contribution in [0.2, 0.25) is 0 Å². The molecule has 1 aliphatic carbocycles. The number of aromatic nitrogens is 5. The van der Waals surface area contributed by atoms with Gasteiger partial charge in [0.1, 0.15) is 5.41 Å². The van der Waals surface area contributed by atoms with Gasteiger partial charge in [0.15, 0.2) is 11.6 Å². The van der Waals surface area contributed by atoms with E-state index in [1.807, 2.05) is 0 Å². The van der Waals surface area contributed by atoms with Gasteiger partial charge in [-0.05, 0) is 75.3 Å². The Morgan fingerprint density at radius 3 is 1.49 bits per heavy atom. The molecule has 0 N–H and O–H groups in total. The van der Waals surface area contributed by atoms with Crippen LogP contribution in [0, 0.1) is 0 Å². The van der Waals surface area contributed by atoms with E-state index in [0.29, 0.717) is 17.6 Å². The van der Waals surface area contributed by atoms with Gasteiger partial charge < -0.3 is 4.57 Å². The highest BCUT2D eigenvalue weighted by Gasteiger charge is 2.49. The normalized spacial score (nSPS) is 12.9. The van der Waals surface area contributed by atoms with Gasteiger partial charge in [0, 0.05) is 32.8 Å². The number of nitrogens with zero attached hydrogens (tertiary/aromatic N) is 5. The third kappa shape index (κ3) is 5.20. The molecule has 1 aliphatic rings. The summed E-state index contributed by atoms with van der Waals surface area (Å²) >= 11 is 0. The zero-order valence-electron chi connectivity index (χ0n) is 34.1. The maximum atomic E-state index is 5.73. The number of para-hydroxylation sites is 3. The fourth-order valence-electron chi connectivity index (χ4n) is 10.3. The van der Waals surface area contributed by atoms with Crippen molar-refractivity contribution in [2.24, 2.45) is 0 Å². The maximum Gasteiger partial charge on any atom is 0.238 e. The summed E-state index contributed by atoms with van der Waals surface area (Å²) in [6, 6.07) is 80.1. The van der Waals surface area contributed by atoms with Gasteiger partial charge in [-0.15, -0.1) is 0 Å². The Morgan fingerprint density at radius 2 is 0.825 bits per heavy atom. The SMILES string of the molecule is c1ccc(-c2ccc3c4ccccc4n(-c4nc(-c5ccc6c7ccccc7n(-c7ccccc7)c6c5)nc(C5(c6ccccc6)c6ccccc6-c6ccccc65)n4)c3c2)cc1. The van der Waals surface area contributed by atoms with Gasteiger partial charge in [-0.25, -0.2) is 4.98 Å². The minimum atomic E-state index is -0.849. The van der Waals surface area contributed by atoms with Crippen LogP contribution >= 0.6 is 0 Å². The summed E-state index contributed by atoms with van der Waals surface area (Å²) in [5.74, 6) is 1.83. The lowest BCUT2D eigenvalue weighted by Gasteiger charge is -2.32. The van der Waals surface area contributed by atoms with Crippen molar-refractivity contribution in [2.45, 2.75) is 5.41 Å². The van der Waals surface area contributed by atoms with Crippen LogP contribution in [0.15, 0.2) is 224 Å². The van der Waals surface area contributed by atoms with E-state index in [0.717, 1.165) is 71.9 Å². The van der Waals surface area contributed by atoms with Crippen LogP contribution < -0.4 is 0 Å². The molecule has 0 unspecified atom stereocenters. The number of rotatable bonds is 6. The van der Waals surface area contributed by atoms with Crippen molar-refractivity contribution in [2.75, 3.05) is 0 Å². The first-order valence-corrected chi connectivity index (χ1v) is 21.5. The summed E-state index contributed by atoms with van der Waals surface area (Å²) in [6.07, 6.45) is 0. The molecule has 0 saturated heterocycles. The van der Waals surface area contributed by atoms with Crippen LogP contribution in [0.1, 0.15) is 22.5 Å². The molecule has 294 valence electrons. The second-order valence-electron chi connectivity index (χ2n) is 16.4. The van der Waals surface area contributed by atoms with Gasteiger partial charge in [-0.1, -0.05) is 188 Å². The highest BCUT2D eigenvalue weighted by Crippen LogP contribution is 2.55. The predicted molar refractivity (Wildman–Crippen MR) is 257 cm³/mol. The van der Waals surface area contributed by atoms with Crippen molar-refractivity contribution in [1.29, 1.82) is 0 Å². The molecule has 0 atom stereocenters. The molecule has 3 aromatic heterocycles. The highest BCUT2D eigenvalue weighted by atomic mass is 15.2. The van der Waals surface area contributed by atoms with E-state index in [1.54, 1.807) is 0 Å². The molecule has 9 aromatic carbocycles. The quantitative estimate of drug-likeness (QED) is 0.168. The van der Waals surface area contributed by atoms with E-state index >= 15 is 0 Å². The van der Waals surface area contributed by atoms with Crippen LogP contribution in [0.4, 0.5) is 0 Å². The van der Waals surface area contributed by atoms with Gasteiger partial charge in [0.2, 0.25) is 5.95 Å². The first kappa shape index (κ1) is 35.4. The molecule has 0 spiro atoms. The average Bonchev–Trinajstić information content (AvgIpc) is 3.98. The topological polar surface area (TPSA) is 48.5 Å².